The SMILES string of the molecule is O=C(O)CC(c1cc2c(cc1C(F)F)OCO2)C1CC1. The van der Waals surface area contributed by atoms with Gasteiger partial charge in [0.25, 0.3) is 6.43 Å². The molecule has 0 radical (unpaired) electrons. The zero-order valence-corrected chi connectivity index (χ0v) is 10.6. The van der Waals surface area contributed by atoms with E-state index in [-0.39, 0.29) is 30.6 Å². The van der Waals surface area contributed by atoms with Crippen LogP contribution in [-0.2, 0) is 4.79 Å². The second-order valence-corrected chi connectivity index (χ2v) is 5.18. The maximum absolute atomic E-state index is 13.2. The number of halogens is 2. The fourth-order valence-electron chi connectivity index (χ4n) is 2.70. The molecule has 0 saturated heterocycles. The molecule has 20 heavy (non-hydrogen) atoms. The van der Waals surface area contributed by atoms with Crippen LogP contribution in [0.25, 0.3) is 0 Å². The van der Waals surface area contributed by atoms with Crippen molar-refractivity contribution in [3.05, 3.63) is 23.3 Å². The van der Waals surface area contributed by atoms with Gasteiger partial charge >= 0.3 is 5.97 Å². The van der Waals surface area contributed by atoms with E-state index in [1.165, 1.54) is 12.1 Å². The number of ether oxygens (including phenoxy) is 2. The Morgan fingerprint density at radius 3 is 2.35 bits per heavy atom. The molecule has 1 aliphatic heterocycles. The lowest BCUT2D eigenvalue weighted by atomic mass is 9.87. The quantitative estimate of drug-likeness (QED) is 0.901. The first-order valence-electron chi connectivity index (χ1n) is 6.49. The predicted octanol–water partition coefficient (Wildman–Crippen LogP) is 3.32. The summed E-state index contributed by atoms with van der Waals surface area (Å²) in [4.78, 5) is 11.0. The van der Waals surface area contributed by atoms with Crippen LogP contribution in [0.15, 0.2) is 12.1 Å². The molecule has 3 rings (SSSR count). The number of alkyl halides is 2. The number of aliphatic carboxylic acids is 1. The number of rotatable bonds is 5. The van der Waals surface area contributed by atoms with Crippen LogP contribution < -0.4 is 9.47 Å². The molecule has 0 bridgehead atoms. The molecule has 0 amide bonds. The van der Waals surface area contributed by atoms with Crippen molar-refractivity contribution in [2.24, 2.45) is 5.92 Å². The zero-order valence-electron chi connectivity index (χ0n) is 10.6. The molecule has 1 unspecified atom stereocenters. The molecule has 1 heterocycles. The van der Waals surface area contributed by atoms with Crippen molar-refractivity contribution >= 4 is 5.97 Å². The van der Waals surface area contributed by atoms with Gasteiger partial charge in [-0.1, -0.05) is 0 Å². The lowest BCUT2D eigenvalue weighted by Gasteiger charge is -2.19. The maximum Gasteiger partial charge on any atom is 0.303 e. The maximum atomic E-state index is 13.2. The standard InChI is InChI=1S/C14H14F2O4/c15-14(16)10-4-12-11(19-6-20-12)3-9(10)8(5-13(17)18)7-1-2-7/h3-4,7-8,14H,1-2,5-6H2,(H,17,18). The van der Waals surface area contributed by atoms with E-state index in [0.29, 0.717) is 17.1 Å². The average molecular weight is 284 g/mol. The average Bonchev–Trinajstić information content (AvgIpc) is 3.12. The minimum absolute atomic E-state index is 0.00842. The fraction of sp³-hybridized carbons (Fsp3) is 0.500. The monoisotopic (exact) mass is 284 g/mol. The topological polar surface area (TPSA) is 55.8 Å². The van der Waals surface area contributed by atoms with Crippen molar-refractivity contribution in [3.8, 4) is 11.5 Å². The van der Waals surface area contributed by atoms with E-state index in [0.717, 1.165) is 12.8 Å². The molecule has 108 valence electrons. The third-order valence-electron chi connectivity index (χ3n) is 3.80. The molecule has 1 fully saturated rings. The summed E-state index contributed by atoms with van der Waals surface area (Å²) in [5.41, 5.74) is 0.238. The summed E-state index contributed by atoms with van der Waals surface area (Å²) in [6, 6.07) is 2.80. The minimum atomic E-state index is -2.66. The fourth-order valence-corrected chi connectivity index (χ4v) is 2.70. The normalized spacial score (nSPS) is 18.4. The summed E-state index contributed by atoms with van der Waals surface area (Å²) in [5.74, 6) is -0.468. The Balaban J connectivity index is 2.03. The number of carboxylic acid groups (broad SMARTS) is 1. The van der Waals surface area contributed by atoms with Gasteiger partial charge in [0.2, 0.25) is 6.79 Å². The van der Waals surface area contributed by atoms with Gasteiger partial charge in [-0.3, -0.25) is 4.79 Å². The third-order valence-corrected chi connectivity index (χ3v) is 3.80. The van der Waals surface area contributed by atoms with Crippen molar-refractivity contribution in [3.63, 3.8) is 0 Å². The highest BCUT2D eigenvalue weighted by molar-refractivity contribution is 5.68. The third kappa shape index (κ3) is 2.42. The van der Waals surface area contributed by atoms with Crippen molar-refractivity contribution in [2.45, 2.75) is 31.6 Å². The van der Waals surface area contributed by atoms with Crippen LogP contribution >= 0.6 is 0 Å². The van der Waals surface area contributed by atoms with E-state index in [1.807, 2.05) is 0 Å². The first kappa shape index (κ1) is 13.1. The molecule has 1 aromatic rings. The number of carboxylic acids is 1. The first-order valence-corrected chi connectivity index (χ1v) is 6.49. The smallest absolute Gasteiger partial charge is 0.303 e. The second kappa shape index (κ2) is 4.92. The van der Waals surface area contributed by atoms with E-state index in [1.54, 1.807) is 0 Å². The van der Waals surface area contributed by atoms with E-state index in [2.05, 4.69) is 0 Å². The second-order valence-electron chi connectivity index (χ2n) is 5.18. The molecule has 1 saturated carbocycles. The molecule has 0 aromatic heterocycles. The Kier molecular flexibility index (Phi) is 3.23. The Hall–Kier alpha value is -1.85. The Morgan fingerprint density at radius 2 is 1.85 bits per heavy atom. The van der Waals surface area contributed by atoms with Gasteiger partial charge in [-0.2, -0.15) is 0 Å². The Bertz CT molecular complexity index is 540. The highest BCUT2D eigenvalue weighted by atomic mass is 19.3. The van der Waals surface area contributed by atoms with Crippen LogP contribution in [0.1, 0.15) is 42.7 Å². The summed E-state index contributed by atoms with van der Waals surface area (Å²) in [6.07, 6.45) is -1.02. The number of fused-ring (bicyclic) bond motifs is 1. The molecule has 1 atom stereocenters. The van der Waals surface area contributed by atoms with Crippen molar-refractivity contribution in [1.82, 2.24) is 0 Å². The van der Waals surface area contributed by atoms with E-state index < -0.39 is 12.4 Å². The highest BCUT2D eigenvalue weighted by Gasteiger charge is 2.37. The molecule has 1 aliphatic carbocycles. The van der Waals surface area contributed by atoms with Gasteiger partial charge < -0.3 is 14.6 Å². The van der Waals surface area contributed by atoms with Gasteiger partial charge in [-0.25, -0.2) is 8.78 Å². The highest BCUT2D eigenvalue weighted by Crippen LogP contribution is 2.49. The molecule has 0 spiro atoms. The van der Waals surface area contributed by atoms with Gasteiger partial charge in [-0.15, -0.1) is 0 Å². The number of benzene rings is 1. The summed E-state index contributed by atoms with van der Waals surface area (Å²) < 4.78 is 36.8. The van der Waals surface area contributed by atoms with Crippen LogP contribution in [0.2, 0.25) is 0 Å². The lowest BCUT2D eigenvalue weighted by molar-refractivity contribution is -0.137. The van der Waals surface area contributed by atoms with Crippen LogP contribution in [0, 0.1) is 5.92 Å². The summed E-state index contributed by atoms with van der Waals surface area (Å²) in [5, 5.41) is 9.00. The Labute approximate surface area is 114 Å². The van der Waals surface area contributed by atoms with Gasteiger partial charge in [0, 0.05) is 5.56 Å². The molecule has 2 aliphatic rings. The van der Waals surface area contributed by atoms with Crippen LogP contribution in [0.5, 0.6) is 11.5 Å². The summed E-state index contributed by atoms with van der Waals surface area (Å²) >= 11 is 0. The number of hydrogen-bond donors (Lipinski definition) is 1. The number of carbonyl (C=O) groups is 1. The first-order chi connectivity index (χ1) is 9.56. The molecule has 1 aromatic carbocycles. The van der Waals surface area contributed by atoms with Crippen LogP contribution in [0.4, 0.5) is 8.78 Å². The largest absolute Gasteiger partial charge is 0.481 e. The molecular formula is C14H14F2O4. The molecule has 1 N–H and O–H groups in total. The molecule has 4 nitrogen and oxygen atoms in total. The lowest BCUT2D eigenvalue weighted by Crippen LogP contribution is -2.11. The van der Waals surface area contributed by atoms with Crippen molar-refractivity contribution in [2.75, 3.05) is 6.79 Å². The molecule has 6 heteroatoms. The van der Waals surface area contributed by atoms with Gasteiger partial charge in [0.1, 0.15) is 0 Å². The Morgan fingerprint density at radius 1 is 1.25 bits per heavy atom. The van der Waals surface area contributed by atoms with Gasteiger partial charge in [-0.05, 0) is 42.4 Å². The van der Waals surface area contributed by atoms with Gasteiger partial charge in [0.15, 0.2) is 11.5 Å². The molecular weight excluding hydrogens is 270 g/mol. The zero-order chi connectivity index (χ0) is 14.3. The summed E-state index contributed by atoms with van der Waals surface area (Å²) in [6.45, 7) is 0.00842. The van der Waals surface area contributed by atoms with Crippen LogP contribution in [0.3, 0.4) is 0 Å². The van der Waals surface area contributed by atoms with Crippen molar-refractivity contribution in [1.29, 1.82) is 0 Å². The van der Waals surface area contributed by atoms with E-state index >= 15 is 0 Å². The van der Waals surface area contributed by atoms with E-state index in [9.17, 15) is 13.6 Å². The van der Waals surface area contributed by atoms with Gasteiger partial charge in [0.05, 0.1) is 6.42 Å². The van der Waals surface area contributed by atoms with Crippen molar-refractivity contribution < 1.29 is 28.2 Å². The van der Waals surface area contributed by atoms with E-state index in [4.69, 9.17) is 14.6 Å². The predicted molar refractivity (Wildman–Crippen MR) is 65.2 cm³/mol. The van der Waals surface area contributed by atoms with Crippen LogP contribution in [-0.4, -0.2) is 17.9 Å². The number of hydrogen-bond acceptors (Lipinski definition) is 3. The minimum Gasteiger partial charge on any atom is -0.481 e. The summed E-state index contributed by atoms with van der Waals surface area (Å²) in [7, 11) is 0.